The van der Waals surface area contributed by atoms with E-state index in [9.17, 15) is 0 Å². The minimum absolute atomic E-state index is 0.550. The molecule has 1 aromatic carbocycles. The van der Waals surface area contributed by atoms with Gasteiger partial charge in [0.25, 0.3) is 0 Å². The molecule has 0 unspecified atom stereocenters. The van der Waals surface area contributed by atoms with Gasteiger partial charge in [0.05, 0.1) is 23.0 Å². The molecule has 0 spiro atoms. The fraction of sp³-hybridized carbons (Fsp3) is 0.263. The molecule has 2 aromatic heterocycles. The minimum Gasteiger partial charge on any atom is -0.329 e. The van der Waals surface area contributed by atoms with Crippen LogP contribution in [0.2, 0.25) is 0 Å². The molecule has 3 aromatic rings. The first kappa shape index (κ1) is 15.3. The van der Waals surface area contributed by atoms with E-state index in [1.807, 2.05) is 30.9 Å². The lowest BCUT2D eigenvalue weighted by atomic mass is 10.0. The highest BCUT2D eigenvalue weighted by Gasteiger charge is 2.24. The summed E-state index contributed by atoms with van der Waals surface area (Å²) in [7, 11) is 0. The van der Waals surface area contributed by atoms with Crippen molar-refractivity contribution in [2.45, 2.75) is 26.7 Å². The Morgan fingerprint density at radius 3 is 2.71 bits per heavy atom. The molecule has 4 rings (SSSR count). The van der Waals surface area contributed by atoms with Crippen LogP contribution in [0.3, 0.4) is 0 Å². The van der Waals surface area contributed by atoms with Crippen LogP contribution >= 0.6 is 11.8 Å². The monoisotopic (exact) mass is 336 g/mol. The molecule has 0 aliphatic carbocycles. The number of aryl methyl sites for hydroxylation is 1. The van der Waals surface area contributed by atoms with Crippen LogP contribution in [-0.4, -0.2) is 20.2 Å². The summed E-state index contributed by atoms with van der Waals surface area (Å²) in [4.78, 5) is 11.3. The Kier molecular flexibility index (Phi) is 3.81. The molecule has 0 fully saturated rings. The number of fused-ring (bicyclic) bond motifs is 1. The second-order valence-electron chi connectivity index (χ2n) is 6.31. The van der Waals surface area contributed by atoms with Crippen LogP contribution in [0.5, 0.6) is 0 Å². The Morgan fingerprint density at radius 2 is 1.96 bits per heavy atom. The van der Waals surface area contributed by atoms with Gasteiger partial charge in [0.2, 0.25) is 5.78 Å². The maximum Gasteiger partial charge on any atom is 0.234 e. The molecule has 5 heteroatoms. The number of hydrogen-bond donors (Lipinski definition) is 0. The lowest BCUT2D eigenvalue weighted by Crippen LogP contribution is -2.18. The van der Waals surface area contributed by atoms with Crippen molar-refractivity contribution < 1.29 is 0 Å². The van der Waals surface area contributed by atoms with Crippen molar-refractivity contribution in [2.75, 3.05) is 10.8 Å². The van der Waals surface area contributed by atoms with Crippen molar-refractivity contribution in [1.29, 1.82) is 0 Å². The lowest BCUT2D eigenvalue weighted by molar-refractivity contribution is 0.866. The Morgan fingerprint density at radius 1 is 1.17 bits per heavy atom. The normalized spacial score (nSPS) is 14.7. The summed E-state index contributed by atoms with van der Waals surface area (Å²) >= 11 is 1.81. The standard InChI is InChI=1S/C19H20N4S/c1-13(2)15-5-7-16(8-6-15)23-12-24-11-17(23)18-14(3)21-19-20-9-4-10-22(18)19/h4-11,13H,12H2,1-3H3. The smallest absolute Gasteiger partial charge is 0.234 e. The lowest BCUT2D eigenvalue weighted by Gasteiger charge is -2.22. The van der Waals surface area contributed by atoms with Gasteiger partial charge in [-0.1, -0.05) is 26.0 Å². The van der Waals surface area contributed by atoms with Crippen LogP contribution in [-0.2, 0) is 0 Å². The summed E-state index contributed by atoms with van der Waals surface area (Å²) < 4.78 is 2.07. The van der Waals surface area contributed by atoms with E-state index in [0.717, 1.165) is 23.0 Å². The van der Waals surface area contributed by atoms with Crippen LogP contribution in [0.15, 0.2) is 48.1 Å². The fourth-order valence-corrected chi connectivity index (χ4v) is 3.98. The number of benzene rings is 1. The maximum absolute atomic E-state index is 4.60. The molecular formula is C19H20N4S. The van der Waals surface area contributed by atoms with Gasteiger partial charge in [-0.2, -0.15) is 0 Å². The second kappa shape index (κ2) is 5.98. The number of anilines is 1. The van der Waals surface area contributed by atoms with Gasteiger partial charge in [0.15, 0.2) is 0 Å². The van der Waals surface area contributed by atoms with Crippen molar-refractivity contribution in [1.82, 2.24) is 14.4 Å². The molecule has 1 aliphatic rings. The third-order valence-electron chi connectivity index (χ3n) is 4.38. The van der Waals surface area contributed by atoms with E-state index in [0.29, 0.717) is 5.92 Å². The molecule has 0 radical (unpaired) electrons. The van der Waals surface area contributed by atoms with Crippen molar-refractivity contribution in [2.24, 2.45) is 0 Å². The van der Waals surface area contributed by atoms with Crippen molar-refractivity contribution in [3.05, 3.63) is 65.1 Å². The molecule has 0 N–H and O–H groups in total. The molecule has 0 amide bonds. The van der Waals surface area contributed by atoms with Crippen molar-refractivity contribution in [3.63, 3.8) is 0 Å². The second-order valence-corrected chi connectivity index (χ2v) is 7.14. The molecule has 0 bridgehead atoms. The molecule has 0 atom stereocenters. The van der Waals surface area contributed by atoms with Crippen LogP contribution in [0.1, 0.15) is 36.7 Å². The molecular weight excluding hydrogens is 316 g/mol. The summed E-state index contributed by atoms with van der Waals surface area (Å²) in [5.74, 6) is 2.22. The summed E-state index contributed by atoms with van der Waals surface area (Å²) in [6.07, 6.45) is 3.81. The van der Waals surface area contributed by atoms with Crippen molar-refractivity contribution >= 4 is 28.9 Å². The topological polar surface area (TPSA) is 33.4 Å². The van der Waals surface area contributed by atoms with E-state index in [1.165, 1.54) is 16.9 Å². The van der Waals surface area contributed by atoms with E-state index >= 15 is 0 Å². The average Bonchev–Trinajstić information content (AvgIpc) is 3.17. The Hall–Kier alpha value is -2.27. The summed E-state index contributed by atoms with van der Waals surface area (Å²) in [6, 6.07) is 10.8. The Labute approximate surface area is 146 Å². The fourth-order valence-electron chi connectivity index (χ4n) is 3.07. The first-order valence-electron chi connectivity index (χ1n) is 8.14. The zero-order chi connectivity index (χ0) is 16.7. The van der Waals surface area contributed by atoms with E-state index < -0.39 is 0 Å². The Balaban J connectivity index is 1.76. The molecule has 24 heavy (non-hydrogen) atoms. The quantitative estimate of drug-likeness (QED) is 0.696. The highest BCUT2D eigenvalue weighted by molar-refractivity contribution is 8.02. The van der Waals surface area contributed by atoms with Gasteiger partial charge < -0.3 is 4.90 Å². The van der Waals surface area contributed by atoms with Gasteiger partial charge in [0.1, 0.15) is 0 Å². The molecule has 0 saturated heterocycles. The number of aromatic nitrogens is 3. The van der Waals surface area contributed by atoms with Crippen LogP contribution in [0, 0.1) is 6.92 Å². The third-order valence-corrected chi connectivity index (χ3v) is 5.18. The molecule has 122 valence electrons. The van der Waals surface area contributed by atoms with E-state index in [4.69, 9.17) is 0 Å². The molecule has 4 nitrogen and oxygen atoms in total. The van der Waals surface area contributed by atoms with Gasteiger partial charge in [-0.3, -0.25) is 4.40 Å². The molecule has 0 saturated carbocycles. The van der Waals surface area contributed by atoms with Gasteiger partial charge in [-0.25, -0.2) is 9.97 Å². The number of nitrogens with zero attached hydrogens (tertiary/aromatic N) is 4. The number of thioether (sulfide) groups is 1. The summed E-state index contributed by atoms with van der Waals surface area (Å²) in [5.41, 5.74) is 5.90. The maximum atomic E-state index is 4.60. The van der Waals surface area contributed by atoms with Crippen LogP contribution < -0.4 is 4.90 Å². The Bertz CT molecular complexity index is 909. The largest absolute Gasteiger partial charge is 0.329 e. The van der Waals surface area contributed by atoms with Crippen LogP contribution in [0.4, 0.5) is 5.69 Å². The summed E-state index contributed by atoms with van der Waals surface area (Å²) in [6.45, 7) is 6.50. The van der Waals surface area contributed by atoms with Crippen LogP contribution in [0.25, 0.3) is 11.5 Å². The number of hydrogen-bond acceptors (Lipinski definition) is 4. The van der Waals surface area contributed by atoms with E-state index in [2.05, 4.69) is 62.8 Å². The molecule has 3 heterocycles. The zero-order valence-electron chi connectivity index (χ0n) is 14.1. The number of imidazole rings is 1. The SMILES string of the molecule is Cc1nc2ncccn2c1C1=CSCN1c1ccc(C(C)C)cc1. The van der Waals surface area contributed by atoms with E-state index in [1.54, 1.807) is 6.20 Å². The summed E-state index contributed by atoms with van der Waals surface area (Å²) in [5, 5.41) is 2.22. The highest BCUT2D eigenvalue weighted by Crippen LogP contribution is 2.37. The average molecular weight is 336 g/mol. The zero-order valence-corrected chi connectivity index (χ0v) is 14.9. The van der Waals surface area contributed by atoms with Gasteiger partial charge >= 0.3 is 0 Å². The third kappa shape index (κ3) is 2.49. The highest BCUT2D eigenvalue weighted by atomic mass is 32.2. The number of rotatable bonds is 3. The first-order chi connectivity index (χ1) is 11.6. The van der Waals surface area contributed by atoms with Crippen molar-refractivity contribution in [3.8, 4) is 0 Å². The van der Waals surface area contributed by atoms with E-state index in [-0.39, 0.29) is 0 Å². The van der Waals surface area contributed by atoms with Gasteiger partial charge in [-0.05, 0) is 42.0 Å². The van der Waals surface area contributed by atoms with Gasteiger partial charge in [0, 0.05) is 18.1 Å². The predicted octanol–water partition coefficient (Wildman–Crippen LogP) is 4.67. The minimum atomic E-state index is 0.550. The predicted molar refractivity (Wildman–Crippen MR) is 101 cm³/mol. The molecule has 1 aliphatic heterocycles. The van der Waals surface area contributed by atoms with Gasteiger partial charge in [-0.15, -0.1) is 11.8 Å². The first-order valence-corrected chi connectivity index (χ1v) is 9.19.